The van der Waals surface area contributed by atoms with E-state index >= 15 is 0 Å². The quantitative estimate of drug-likeness (QED) is 0.839. The topological polar surface area (TPSA) is 82.8 Å². The molecule has 0 saturated carbocycles. The third kappa shape index (κ3) is 2.67. The molecule has 0 spiro atoms. The van der Waals surface area contributed by atoms with Gasteiger partial charge < -0.3 is 4.74 Å². The minimum absolute atomic E-state index is 0.151. The summed E-state index contributed by atoms with van der Waals surface area (Å²) in [5.41, 5.74) is 1.35. The molecule has 21 heavy (non-hydrogen) atoms. The number of thiophene rings is 1. The fourth-order valence-electron chi connectivity index (χ4n) is 2.28. The highest BCUT2D eigenvalue weighted by atomic mass is 32.1. The third-order valence-electron chi connectivity index (χ3n) is 3.30. The number of ether oxygens (including phenoxy) is 1. The van der Waals surface area contributed by atoms with Crippen molar-refractivity contribution >= 4 is 29.2 Å². The average Bonchev–Trinajstić information content (AvgIpc) is 2.84. The van der Waals surface area contributed by atoms with Crippen molar-refractivity contribution in [2.45, 2.75) is 26.8 Å². The van der Waals surface area contributed by atoms with Gasteiger partial charge in [-0.05, 0) is 37.8 Å². The predicted molar refractivity (Wildman–Crippen MR) is 78.3 cm³/mol. The molecule has 7 heteroatoms. The Morgan fingerprint density at radius 2 is 2.29 bits per heavy atom. The first-order valence-corrected chi connectivity index (χ1v) is 7.38. The van der Waals surface area contributed by atoms with Gasteiger partial charge in [0, 0.05) is 10.6 Å². The minimum atomic E-state index is -0.767. The lowest BCUT2D eigenvalue weighted by molar-refractivity contribution is 0.0987. The minimum Gasteiger partial charge on any atom is -0.449 e. The maximum Gasteiger partial charge on any atom is 0.418 e. The van der Waals surface area contributed by atoms with Gasteiger partial charge in [-0.15, -0.1) is 11.3 Å². The van der Waals surface area contributed by atoms with Crippen LogP contribution in [-0.2, 0) is 4.74 Å². The summed E-state index contributed by atoms with van der Waals surface area (Å²) in [7, 11) is 0. The second-order valence-corrected chi connectivity index (χ2v) is 5.57. The van der Waals surface area contributed by atoms with Crippen LogP contribution < -0.4 is 0 Å². The molecule has 2 atom stereocenters. The molecule has 0 fully saturated rings. The molecule has 0 radical (unpaired) electrons. The number of aliphatic imine (C=N–C) groups is 1. The molecule has 1 aromatic rings. The van der Waals surface area contributed by atoms with Crippen molar-refractivity contribution in [1.82, 2.24) is 4.90 Å². The number of amides is 3. The SMILES string of the molecule is CCOC(=O)N1C(=O)N=C(C)C(C#N)C1c1sccc1C. The summed E-state index contributed by atoms with van der Waals surface area (Å²) in [6.07, 6.45) is -0.767. The lowest BCUT2D eigenvalue weighted by Gasteiger charge is -2.34. The molecule has 3 amide bonds. The molecule has 0 N–H and O–H groups in total. The Morgan fingerprint density at radius 3 is 2.81 bits per heavy atom. The van der Waals surface area contributed by atoms with Crippen LogP contribution in [0.25, 0.3) is 0 Å². The van der Waals surface area contributed by atoms with E-state index < -0.39 is 24.1 Å². The van der Waals surface area contributed by atoms with Crippen LogP contribution in [0.5, 0.6) is 0 Å². The van der Waals surface area contributed by atoms with Crippen LogP contribution in [0, 0.1) is 24.2 Å². The molecular weight excluding hydrogens is 290 g/mol. The summed E-state index contributed by atoms with van der Waals surface area (Å²) in [5.74, 6) is -0.663. The van der Waals surface area contributed by atoms with Crippen molar-refractivity contribution < 1.29 is 14.3 Å². The third-order valence-corrected chi connectivity index (χ3v) is 4.39. The first kappa shape index (κ1) is 15.2. The van der Waals surface area contributed by atoms with E-state index in [1.165, 1.54) is 11.3 Å². The van der Waals surface area contributed by atoms with Crippen molar-refractivity contribution in [3.8, 4) is 6.07 Å². The number of carbonyl (C=O) groups excluding carboxylic acids is 2. The maximum absolute atomic E-state index is 12.1. The van der Waals surface area contributed by atoms with Crippen molar-refractivity contribution in [3.05, 3.63) is 21.9 Å². The Labute approximate surface area is 126 Å². The van der Waals surface area contributed by atoms with Gasteiger partial charge in [-0.25, -0.2) is 19.5 Å². The summed E-state index contributed by atoms with van der Waals surface area (Å²) in [4.78, 5) is 29.8. The number of nitriles is 1. The molecule has 110 valence electrons. The van der Waals surface area contributed by atoms with Crippen molar-refractivity contribution in [2.24, 2.45) is 10.9 Å². The number of urea groups is 1. The molecule has 1 aromatic heterocycles. The number of aryl methyl sites for hydroxylation is 1. The van der Waals surface area contributed by atoms with Crippen LogP contribution in [0.3, 0.4) is 0 Å². The number of carbonyl (C=O) groups is 2. The van der Waals surface area contributed by atoms with Crippen LogP contribution in [0.15, 0.2) is 16.4 Å². The number of hydrogen-bond acceptors (Lipinski definition) is 5. The van der Waals surface area contributed by atoms with E-state index in [2.05, 4.69) is 11.1 Å². The molecule has 6 nitrogen and oxygen atoms in total. The first-order valence-electron chi connectivity index (χ1n) is 6.50. The van der Waals surface area contributed by atoms with Gasteiger partial charge in [0.1, 0.15) is 12.0 Å². The molecule has 1 aliphatic heterocycles. The van der Waals surface area contributed by atoms with Crippen LogP contribution in [0.2, 0.25) is 0 Å². The molecule has 0 saturated heterocycles. The zero-order valence-electron chi connectivity index (χ0n) is 12.0. The van der Waals surface area contributed by atoms with Gasteiger partial charge in [-0.3, -0.25) is 0 Å². The lowest BCUT2D eigenvalue weighted by atomic mass is 9.91. The van der Waals surface area contributed by atoms with E-state index in [-0.39, 0.29) is 6.61 Å². The molecule has 0 aliphatic carbocycles. The standard InChI is InChI=1S/C14H15N3O3S/c1-4-20-14(19)17-11(12-8(2)5-6-21-12)10(7-15)9(3)16-13(17)18/h5-6,10-11H,4H2,1-3H3. The Hall–Kier alpha value is -2.20. The highest BCUT2D eigenvalue weighted by molar-refractivity contribution is 7.10. The highest BCUT2D eigenvalue weighted by Crippen LogP contribution is 2.38. The second-order valence-electron chi connectivity index (χ2n) is 4.62. The van der Waals surface area contributed by atoms with Gasteiger partial charge in [0.25, 0.3) is 0 Å². The van der Waals surface area contributed by atoms with E-state index in [4.69, 9.17) is 4.74 Å². The maximum atomic E-state index is 12.1. The van der Waals surface area contributed by atoms with E-state index in [9.17, 15) is 14.9 Å². The zero-order chi connectivity index (χ0) is 15.6. The summed E-state index contributed by atoms with van der Waals surface area (Å²) < 4.78 is 4.94. The van der Waals surface area contributed by atoms with Crippen molar-refractivity contribution in [3.63, 3.8) is 0 Å². The molecule has 0 aromatic carbocycles. The summed E-state index contributed by atoms with van der Waals surface area (Å²) >= 11 is 1.41. The Kier molecular flexibility index (Phi) is 4.38. The number of imide groups is 1. The van der Waals surface area contributed by atoms with Gasteiger partial charge in [0.2, 0.25) is 0 Å². The van der Waals surface area contributed by atoms with Crippen LogP contribution in [-0.4, -0.2) is 29.3 Å². The fraction of sp³-hybridized carbons (Fsp3) is 0.429. The Balaban J connectivity index is 2.54. The number of hydrogen-bond donors (Lipinski definition) is 0. The van der Waals surface area contributed by atoms with E-state index in [0.717, 1.165) is 15.3 Å². The summed E-state index contributed by atoms with van der Waals surface area (Å²) in [6.45, 7) is 5.33. The number of rotatable bonds is 2. The van der Waals surface area contributed by atoms with E-state index in [0.29, 0.717) is 5.71 Å². The molecule has 2 heterocycles. The second kappa shape index (κ2) is 6.06. The van der Waals surface area contributed by atoms with Crippen LogP contribution in [0.1, 0.15) is 30.3 Å². The van der Waals surface area contributed by atoms with Gasteiger partial charge >= 0.3 is 12.1 Å². The van der Waals surface area contributed by atoms with E-state index in [1.54, 1.807) is 13.8 Å². The molecule has 2 unspecified atom stereocenters. The first-order chi connectivity index (χ1) is 10.0. The molecule has 1 aliphatic rings. The Bertz CT molecular complexity index is 644. The highest BCUT2D eigenvalue weighted by Gasteiger charge is 2.43. The normalized spacial score (nSPS) is 21.7. The van der Waals surface area contributed by atoms with Gasteiger partial charge in [0.15, 0.2) is 0 Å². The van der Waals surface area contributed by atoms with Gasteiger partial charge in [-0.2, -0.15) is 5.26 Å². The summed E-state index contributed by atoms with van der Waals surface area (Å²) in [5, 5.41) is 11.3. The average molecular weight is 305 g/mol. The van der Waals surface area contributed by atoms with Crippen molar-refractivity contribution in [2.75, 3.05) is 6.61 Å². The fourth-order valence-corrected chi connectivity index (χ4v) is 3.33. The monoisotopic (exact) mass is 305 g/mol. The smallest absolute Gasteiger partial charge is 0.418 e. The lowest BCUT2D eigenvalue weighted by Crippen LogP contribution is -2.46. The Morgan fingerprint density at radius 1 is 1.57 bits per heavy atom. The van der Waals surface area contributed by atoms with Crippen molar-refractivity contribution in [1.29, 1.82) is 5.26 Å². The zero-order valence-corrected chi connectivity index (χ0v) is 12.8. The van der Waals surface area contributed by atoms with Gasteiger partial charge in [-0.1, -0.05) is 0 Å². The molecular formula is C14H15N3O3S. The molecule has 2 rings (SSSR count). The molecule has 0 bridgehead atoms. The van der Waals surface area contributed by atoms with Crippen LogP contribution >= 0.6 is 11.3 Å². The van der Waals surface area contributed by atoms with Gasteiger partial charge in [0.05, 0.1) is 12.7 Å². The number of nitrogens with zero attached hydrogens (tertiary/aromatic N) is 3. The predicted octanol–water partition coefficient (Wildman–Crippen LogP) is 3.29. The van der Waals surface area contributed by atoms with Crippen LogP contribution in [0.4, 0.5) is 9.59 Å². The summed E-state index contributed by atoms with van der Waals surface area (Å²) in [6, 6.07) is 2.67. The largest absolute Gasteiger partial charge is 0.449 e. The van der Waals surface area contributed by atoms with E-state index in [1.807, 2.05) is 18.4 Å².